The highest BCUT2D eigenvalue weighted by Gasteiger charge is 2.32. The van der Waals surface area contributed by atoms with E-state index in [-0.39, 0.29) is 16.1 Å². The molecule has 3 aromatic rings. The van der Waals surface area contributed by atoms with Gasteiger partial charge in [-0.1, -0.05) is 30.3 Å². The zero-order chi connectivity index (χ0) is 22.1. The fourth-order valence-electron chi connectivity index (χ4n) is 3.74. The van der Waals surface area contributed by atoms with Gasteiger partial charge in [-0.2, -0.15) is 0 Å². The van der Waals surface area contributed by atoms with Crippen LogP contribution in [-0.4, -0.2) is 19.9 Å². The van der Waals surface area contributed by atoms with Crippen LogP contribution in [0.3, 0.4) is 0 Å². The molecule has 0 aromatic heterocycles. The number of carbonyl (C=O) groups excluding carboxylic acids is 1. The number of benzene rings is 3. The van der Waals surface area contributed by atoms with Gasteiger partial charge >= 0.3 is 0 Å². The number of fused-ring (bicyclic) bond motifs is 1. The normalized spacial score (nSPS) is 18.0. The van der Waals surface area contributed by atoms with E-state index in [0.29, 0.717) is 12.2 Å². The first-order chi connectivity index (χ1) is 14.7. The van der Waals surface area contributed by atoms with E-state index in [4.69, 9.17) is 4.74 Å². The third-order valence-corrected chi connectivity index (χ3v) is 6.72. The second-order valence-electron chi connectivity index (χ2n) is 7.93. The van der Waals surface area contributed by atoms with Gasteiger partial charge in [-0.25, -0.2) is 17.5 Å². The molecule has 0 unspecified atom stereocenters. The minimum absolute atomic E-state index is 0.180. The number of sulfonamides is 1. The molecule has 1 atom stereocenters. The molecule has 0 radical (unpaired) electrons. The number of aryl methyl sites for hydroxylation is 1. The van der Waals surface area contributed by atoms with Gasteiger partial charge in [0, 0.05) is 12.0 Å². The van der Waals surface area contributed by atoms with Crippen LogP contribution >= 0.6 is 0 Å². The van der Waals surface area contributed by atoms with Crippen LogP contribution in [0.4, 0.5) is 4.39 Å². The van der Waals surface area contributed by atoms with Crippen LogP contribution in [0.2, 0.25) is 0 Å². The van der Waals surface area contributed by atoms with Crippen LogP contribution in [0.15, 0.2) is 77.7 Å². The lowest BCUT2D eigenvalue weighted by molar-refractivity contribution is 0.0654. The number of nitrogens with one attached hydrogen (secondary N) is 1. The summed E-state index contributed by atoms with van der Waals surface area (Å²) in [4.78, 5) is 12.4. The number of carbonyl (C=O) groups is 1. The monoisotopic (exact) mass is 439 g/mol. The van der Waals surface area contributed by atoms with Crippen molar-refractivity contribution in [3.8, 4) is 5.75 Å². The molecule has 1 amide bonds. The molecule has 31 heavy (non-hydrogen) atoms. The Labute approximate surface area is 180 Å². The number of ether oxygens (including phenoxy) is 1. The average Bonchev–Trinajstić information content (AvgIpc) is 2.74. The van der Waals surface area contributed by atoms with Crippen molar-refractivity contribution in [1.82, 2.24) is 4.72 Å². The molecule has 5 nitrogen and oxygen atoms in total. The van der Waals surface area contributed by atoms with Crippen molar-refractivity contribution in [2.24, 2.45) is 0 Å². The highest BCUT2D eigenvalue weighted by Crippen LogP contribution is 2.35. The molecule has 1 aliphatic heterocycles. The van der Waals surface area contributed by atoms with Crippen molar-refractivity contribution in [2.45, 2.75) is 36.7 Å². The van der Waals surface area contributed by atoms with E-state index >= 15 is 0 Å². The molecule has 0 saturated carbocycles. The van der Waals surface area contributed by atoms with Crippen LogP contribution in [-0.2, 0) is 22.9 Å². The fourth-order valence-corrected chi connectivity index (χ4v) is 4.71. The highest BCUT2D eigenvalue weighted by molar-refractivity contribution is 7.90. The van der Waals surface area contributed by atoms with Crippen molar-refractivity contribution < 1.29 is 22.3 Å². The molecule has 0 spiro atoms. The van der Waals surface area contributed by atoms with E-state index in [2.05, 4.69) is 19.1 Å². The first-order valence-electron chi connectivity index (χ1n) is 9.93. The van der Waals surface area contributed by atoms with E-state index in [0.717, 1.165) is 42.7 Å². The molecule has 160 valence electrons. The third kappa shape index (κ3) is 4.77. The van der Waals surface area contributed by atoms with E-state index < -0.39 is 21.7 Å². The first kappa shape index (κ1) is 21.1. The summed E-state index contributed by atoms with van der Waals surface area (Å²) in [6.07, 6.45) is 2.25. The molecule has 0 fully saturated rings. The summed E-state index contributed by atoms with van der Waals surface area (Å²) in [5, 5.41) is 0. The van der Waals surface area contributed by atoms with Crippen LogP contribution in [0, 0.1) is 5.82 Å². The molecule has 1 aliphatic rings. The summed E-state index contributed by atoms with van der Waals surface area (Å²) in [5.41, 5.74) is 1.91. The van der Waals surface area contributed by atoms with E-state index in [1.807, 2.05) is 22.9 Å². The molecule has 7 heteroatoms. The van der Waals surface area contributed by atoms with Gasteiger partial charge in [0.05, 0.1) is 4.90 Å². The van der Waals surface area contributed by atoms with E-state index in [1.165, 1.54) is 5.56 Å². The summed E-state index contributed by atoms with van der Waals surface area (Å²) in [7, 11) is -4.10. The van der Waals surface area contributed by atoms with Crippen molar-refractivity contribution >= 4 is 15.9 Å². The minimum atomic E-state index is -4.10. The molecule has 0 saturated heterocycles. The summed E-state index contributed by atoms with van der Waals surface area (Å²) in [6, 6.07) is 19.3. The van der Waals surface area contributed by atoms with Crippen LogP contribution in [0.1, 0.15) is 34.8 Å². The van der Waals surface area contributed by atoms with Gasteiger partial charge in [0.2, 0.25) is 0 Å². The molecule has 0 bridgehead atoms. The van der Waals surface area contributed by atoms with Crippen molar-refractivity contribution in [3.63, 3.8) is 0 Å². The molecule has 1 N–H and O–H groups in total. The van der Waals surface area contributed by atoms with Crippen molar-refractivity contribution in [2.75, 3.05) is 0 Å². The Morgan fingerprint density at radius 2 is 1.77 bits per heavy atom. The Bertz CT molecular complexity index is 1210. The SMILES string of the molecule is C[C@]1(Cc2ccccc2)CCc2cc(C(=O)NS(=O)(=O)c3ccc(F)cc3)ccc2O1. The zero-order valence-electron chi connectivity index (χ0n) is 17.0. The van der Waals surface area contributed by atoms with E-state index in [1.54, 1.807) is 18.2 Å². The van der Waals surface area contributed by atoms with Gasteiger partial charge in [0.25, 0.3) is 15.9 Å². The Morgan fingerprint density at radius 3 is 2.48 bits per heavy atom. The molecule has 1 heterocycles. The number of halogens is 1. The summed E-state index contributed by atoms with van der Waals surface area (Å²) < 4.78 is 46.1. The standard InChI is InChI=1S/C24H22FNO4S/c1-24(16-17-5-3-2-4-6-17)14-13-18-15-19(7-12-22(18)30-24)23(27)26-31(28,29)21-10-8-20(25)9-11-21/h2-12,15H,13-14,16H2,1H3,(H,26,27)/t24-/m1/s1. The first-order valence-corrected chi connectivity index (χ1v) is 11.4. The van der Waals surface area contributed by atoms with Crippen LogP contribution < -0.4 is 9.46 Å². The second-order valence-corrected chi connectivity index (χ2v) is 9.61. The maximum Gasteiger partial charge on any atom is 0.265 e. The maximum atomic E-state index is 13.0. The lowest BCUT2D eigenvalue weighted by Gasteiger charge is -2.36. The summed E-state index contributed by atoms with van der Waals surface area (Å²) >= 11 is 0. The lowest BCUT2D eigenvalue weighted by atomic mass is 9.87. The zero-order valence-corrected chi connectivity index (χ0v) is 17.8. The predicted molar refractivity (Wildman–Crippen MR) is 115 cm³/mol. The minimum Gasteiger partial charge on any atom is -0.487 e. The van der Waals surface area contributed by atoms with Gasteiger partial charge in [-0.15, -0.1) is 0 Å². The van der Waals surface area contributed by atoms with E-state index in [9.17, 15) is 17.6 Å². The largest absolute Gasteiger partial charge is 0.487 e. The quantitative estimate of drug-likeness (QED) is 0.644. The summed E-state index contributed by atoms with van der Waals surface area (Å²) in [5.74, 6) is -0.605. The molecule has 3 aromatic carbocycles. The van der Waals surface area contributed by atoms with Crippen LogP contribution in [0.25, 0.3) is 0 Å². The summed E-state index contributed by atoms with van der Waals surface area (Å²) in [6.45, 7) is 2.07. The van der Waals surface area contributed by atoms with Crippen LogP contribution in [0.5, 0.6) is 5.75 Å². The van der Waals surface area contributed by atoms with Gasteiger partial charge in [0.15, 0.2) is 0 Å². The van der Waals surface area contributed by atoms with Crippen molar-refractivity contribution in [3.05, 3.63) is 95.3 Å². The van der Waals surface area contributed by atoms with Gasteiger partial charge in [-0.05, 0) is 73.4 Å². The Balaban J connectivity index is 1.49. The Kier molecular flexibility index (Phi) is 5.54. The predicted octanol–water partition coefficient (Wildman–Crippen LogP) is 4.27. The van der Waals surface area contributed by atoms with Gasteiger partial charge in [-0.3, -0.25) is 4.79 Å². The Hall–Kier alpha value is -3.19. The third-order valence-electron chi connectivity index (χ3n) is 5.37. The highest BCUT2D eigenvalue weighted by atomic mass is 32.2. The number of rotatable bonds is 5. The topological polar surface area (TPSA) is 72.5 Å². The average molecular weight is 440 g/mol. The molecule has 4 rings (SSSR count). The molecular weight excluding hydrogens is 417 g/mol. The lowest BCUT2D eigenvalue weighted by Crippen LogP contribution is -2.38. The second kappa shape index (κ2) is 8.15. The van der Waals surface area contributed by atoms with Gasteiger partial charge in [0.1, 0.15) is 17.2 Å². The smallest absolute Gasteiger partial charge is 0.265 e. The fraction of sp³-hybridized carbons (Fsp3) is 0.208. The van der Waals surface area contributed by atoms with Gasteiger partial charge < -0.3 is 4.74 Å². The number of amides is 1. The molecule has 0 aliphatic carbocycles. The maximum absolute atomic E-state index is 13.0. The van der Waals surface area contributed by atoms with Crippen molar-refractivity contribution in [1.29, 1.82) is 0 Å². The number of hydrogen-bond acceptors (Lipinski definition) is 4. The molecular formula is C24H22FNO4S. The number of hydrogen-bond donors (Lipinski definition) is 1. The Morgan fingerprint density at radius 1 is 1.06 bits per heavy atom.